The van der Waals surface area contributed by atoms with Crippen molar-refractivity contribution in [3.8, 4) is 0 Å². The van der Waals surface area contributed by atoms with Crippen LogP contribution in [0.2, 0.25) is 0 Å². The molecule has 122 valence electrons. The molecule has 0 aromatic rings. The summed E-state index contributed by atoms with van der Waals surface area (Å²) in [6, 6.07) is -0.0813. The summed E-state index contributed by atoms with van der Waals surface area (Å²) in [5.41, 5.74) is -0.856. The van der Waals surface area contributed by atoms with Gasteiger partial charge in [-0.15, -0.1) is 0 Å². The molecule has 3 aliphatic rings. The summed E-state index contributed by atoms with van der Waals surface area (Å²) in [4.78, 5) is 40.2. The van der Waals surface area contributed by atoms with E-state index in [-0.39, 0.29) is 17.7 Å². The fraction of sp³-hybridized carbons (Fsp3) is 0.800. The van der Waals surface area contributed by atoms with Crippen LogP contribution in [0, 0.1) is 5.92 Å². The second kappa shape index (κ2) is 5.53. The predicted octanol–water partition coefficient (Wildman–Crippen LogP) is -0.0827. The zero-order valence-electron chi connectivity index (χ0n) is 13.2. The number of urea groups is 1. The van der Waals surface area contributed by atoms with Gasteiger partial charge in [-0.1, -0.05) is 0 Å². The minimum atomic E-state index is -0.856. The van der Waals surface area contributed by atoms with E-state index in [0.717, 1.165) is 32.5 Å². The number of nitrogens with one attached hydrogen (secondary N) is 2. The lowest BCUT2D eigenvalue weighted by molar-refractivity contribution is -0.134. The molecule has 2 atom stereocenters. The number of rotatable bonds is 4. The van der Waals surface area contributed by atoms with Crippen LogP contribution in [0.3, 0.4) is 0 Å². The molecule has 7 nitrogen and oxygen atoms in total. The topological polar surface area (TPSA) is 81.8 Å². The monoisotopic (exact) mass is 308 g/mol. The zero-order valence-corrected chi connectivity index (χ0v) is 13.2. The summed E-state index contributed by atoms with van der Waals surface area (Å²) in [6.07, 6.45) is 2.58. The van der Waals surface area contributed by atoms with Gasteiger partial charge in [-0.05, 0) is 39.2 Å². The molecule has 4 amide bonds. The largest absolute Gasteiger partial charge is 0.340 e. The normalized spacial score (nSPS) is 32.8. The quantitative estimate of drug-likeness (QED) is 0.712. The first kappa shape index (κ1) is 15.3. The third kappa shape index (κ3) is 2.69. The third-order valence-corrected chi connectivity index (χ3v) is 5.29. The van der Waals surface area contributed by atoms with E-state index >= 15 is 0 Å². The number of likely N-dealkylation sites (N-methyl/N-ethyl adjacent to an activating group) is 1. The molecular formula is C15H24N4O3. The van der Waals surface area contributed by atoms with Gasteiger partial charge < -0.3 is 15.1 Å². The molecule has 3 fully saturated rings. The second-order valence-electron chi connectivity index (χ2n) is 6.82. The van der Waals surface area contributed by atoms with E-state index in [1.54, 1.807) is 0 Å². The maximum absolute atomic E-state index is 12.4. The Morgan fingerprint density at radius 1 is 1.32 bits per heavy atom. The van der Waals surface area contributed by atoms with Crippen LogP contribution in [0.5, 0.6) is 0 Å². The number of carbonyl (C=O) groups is 3. The van der Waals surface area contributed by atoms with Gasteiger partial charge in [0.1, 0.15) is 5.54 Å². The molecule has 2 heterocycles. The van der Waals surface area contributed by atoms with Crippen LogP contribution in [0.1, 0.15) is 32.6 Å². The van der Waals surface area contributed by atoms with E-state index in [0.29, 0.717) is 18.9 Å². The molecule has 0 spiro atoms. The van der Waals surface area contributed by atoms with Crippen molar-refractivity contribution in [2.24, 2.45) is 5.92 Å². The van der Waals surface area contributed by atoms with Crippen LogP contribution in [-0.4, -0.2) is 65.9 Å². The lowest BCUT2D eigenvalue weighted by Crippen LogP contribution is -2.53. The number of nitrogens with zero attached hydrogens (tertiary/aromatic N) is 2. The van der Waals surface area contributed by atoms with Gasteiger partial charge in [0.15, 0.2) is 0 Å². The van der Waals surface area contributed by atoms with E-state index in [1.165, 1.54) is 0 Å². The smallest absolute Gasteiger partial charge is 0.322 e. The minimum Gasteiger partial charge on any atom is -0.340 e. The third-order valence-electron chi connectivity index (χ3n) is 5.29. The van der Waals surface area contributed by atoms with E-state index in [4.69, 9.17) is 0 Å². The average Bonchev–Trinajstić information content (AvgIpc) is 3.27. The Bertz CT molecular complexity index is 505. The first-order valence-electron chi connectivity index (χ1n) is 8.04. The molecule has 1 saturated carbocycles. The highest BCUT2D eigenvalue weighted by Crippen LogP contribution is 2.43. The summed E-state index contributed by atoms with van der Waals surface area (Å²) >= 11 is 0. The highest BCUT2D eigenvalue weighted by atomic mass is 16.2. The molecule has 0 aromatic heterocycles. The molecule has 1 aliphatic carbocycles. The number of imide groups is 1. The van der Waals surface area contributed by atoms with Crippen molar-refractivity contribution in [3.63, 3.8) is 0 Å². The van der Waals surface area contributed by atoms with Gasteiger partial charge in [-0.25, -0.2) is 4.79 Å². The van der Waals surface area contributed by atoms with Crippen molar-refractivity contribution in [1.82, 2.24) is 20.4 Å². The van der Waals surface area contributed by atoms with Gasteiger partial charge in [0, 0.05) is 32.1 Å². The Kier molecular flexibility index (Phi) is 3.84. The van der Waals surface area contributed by atoms with Gasteiger partial charge >= 0.3 is 6.03 Å². The summed E-state index contributed by atoms with van der Waals surface area (Å²) < 4.78 is 0. The number of hydrogen-bond donors (Lipinski definition) is 2. The molecular weight excluding hydrogens is 284 g/mol. The minimum absolute atomic E-state index is 0.0777. The van der Waals surface area contributed by atoms with Crippen molar-refractivity contribution in [2.75, 3.05) is 26.7 Å². The van der Waals surface area contributed by atoms with Crippen molar-refractivity contribution < 1.29 is 14.4 Å². The number of amides is 4. The fourth-order valence-corrected chi connectivity index (χ4v) is 3.49. The lowest BCUT2D eigenvalue weighted by Gasteiger charge is -2.38. The number of hydrogen-bond acceptors (Lipinski definition) is 4. The predicted molar refractivity (Wildman–Crippen MR) is 80.0 cm³/mol. The Morgan fingerprint density at radius 3 is 2.59 bits per heavy atom. The van der Waals surface area contributed by atoms with Gasteiger partial charge in [-0.3, -0.25) is 14.9 Å². The van der Waals surface area contributed by atoms with Crippen LogP contribution in [0.4, 0.5) is 4.79 Å². The summed E-state index contributed by atoms with van der Waals surface area (Å²) in [5, 5.41) is 5.10. The first-order valence-corrected chi connectivity index (χ1v) is 8.04. The summed E-state index contributed by atoms with van der Waals surface area (Å²) in [7, 11) is 2.06. The van der Waals surface area contributed by atoms with Crippen molar-refractivity contribution >= 4 is 17.8 Å². The van der Waals surface area contributed by atoms with E-state index in [2.05, 4.69) is 29.5 Å². The molecule has 2 aliphatic heterocycles. The average molecular weight is 308 g/mol. The highest BCUT2D eigenvalue weighted by molar-refractivity contribution is 6.07. The van der Waals surface area contributed by atoms with Crippen LogP contribution in [0.15, 0.2) is 0 Å². The second-order valence-corrected chi connectivity index (χ2v) is 6.82. The maximum atomic E-state index is 12.4. The van der Waals surface area contributed by atoms with Gasteiger partial charge in [0.2, 0.25) is 5.91 Å². The molecule has 22 heavy (non-hydrogen) atoms. The Morgan fingerprint density at radius 2 is 2.05 bits per heavy atom. The first-order chi connectivity index (χ1) is 10.4. The Hall–Kier alpha value is -1.63. The zero-order chi connectivity index (χ0) is 15.9. The summed E-state index contributed by atoms with van der Waals surface area (Å²) in [5.74, 6) is -0.00775. The van der Waals surface area contributed by atoms with Gasteiger partial charge in [0.05, 0.1) is 0 Å². The SMILES string of the molecule is C[C@H]1CN(C(=O)CCC2(C3CC3)NC(=O)NC2=O)CCN1C. The van der Waals surface area contributed by atoms with E-state index in [1.807, 2.05) is 4.90 Å². The fourth-order valence-electron chi connectivity index (χ4n) is 3.49. The lowest BCUT2D eigenvalue weighted by atomic mass is 9.87. The van der Waals surface area contributed by atoms with Gasteiger partial charge in [0.25, 0.3) is 5.91 Å². The number of carbonyl (C=O) groups excluding carboxylic acids is 3. The molecule has 3 rings (SSSR count). The molecule has 0 radical (unpaired) electrons. The highest BCUT2D eigenvalue weighted by Gasteiger charge is 2.55. The van der Waals surface area contributed by atoms with Crippen molar-refractivity contribution in [2.45, 2.75) is 44.2 Å². The molecule has 7 heteroatoms. The molecule has 0 aromatic carbocycles. The Balaban J connectivity index is 1.60. The van der Waals surface area contributed by atoms with Crippen LogP contribution in [0.25, 0.3) is 0 Å². The molecule has 1 unspecified atom stereocenters. The van der Waals surface area contributed by atoms with Crippen molar-refractivity contribution in [1.29, 1.82) is 0 Å². The molecule has 0 bridgehead atoms. The van der Waals surface area contributed by atoms with Crippen LogP contribution >= 0.6 is 0 Å². The van der Waals surface area contributed by atoms with Gasteiger partial charge in [-0.2, -0.15) is 0 Å². The van der Waals surface area contributed by atoms with Crippen molar-refractivity contribution in [3.05, 3.63) is 0 Å². The van der Waals surface area contributed by atoms with E-state index < -0.39 is 11.6 Å². The van der Waals surface area contributed by atoms with E-state index in [9.17, 15) is 14.4 Å². The molecule has 2 N–H and O–H groups in total. The molecule has 2 saturated heterocycles. The van der Waals surface area contributed by atoms with Crippen LogP contribution in [-0.2, 0) is 9.59 Å². The standard InChI is InChI=1S/C15H24N4O3/c1-10-9-19(8-7-18(10)2)12(20)5-6-15(11-3-4-11)13(21)16-14(22)17-15/h10-11H,3-9H2,1-2H3,(H2,16,17,21,22)/t10-,15?/m0/s1. The summed E-state index contributed by atoms with van der Waals surface area (Å²) in [6.45, 7) is 4.44. The van der Waals surface area contributed by atoms with Crippen LogP contribution < -0.4 is 10.6 Å². The number of piperazine rings is 1. The Labute approximate surface area is 130 Å². The maximum Gasteiger partial charge on any atom is 0.322 e.